The van der Waals surface area contributed by atoms with Crippen molar-refractivity contribution in [2.24, 2.45) is 5.41 Å². The molecule has 14 heavy (non-hydrogen) atoms. The van der Waals surface area contributed by atoms with Crippen molar-refractivity contribution in [2.75, 3.05) is 18.1 Å². The SMILES string of the molecule is CC(C)(C#N)CNC1CCS(=O)CC1. The van der Waals surface area contributed by atoms with Gasteiger partial charge in [-0.3, -0.25) is 4.21 Å². The summed E-state index contributed by atoms with van der Waals surface area (Å²) in [5.74, 6) is 1.62. The Morgan fingerprint density at radius 3 is 2.57 bits per heavy atom. The second-order valence-corrected chi connectivity index (χ2v) is 6.20. The van der Waals surface area contributed by atoms with Gasteiger partial charge in [0.25, 0.3) is 0 Å². The molecule has 1 rings (SSSR count). The molecule has 3 nitrogen and oxygen atoms in total. The standard InChI is InChI=1S/C10H18N2OS/c1-10(2,7-11)8-12-9-3-5-14(13)6-4-9/h9,12H,3-6,8H2,1-2H3. The molecule has 4 heteroatoms. The largest absolute Gasteiger partial charge is 0.312 e. The highest BCUT2D eigenvalue weighted by Crippen LogP contribution is 2.14. The van der Waals surface area contributed by atoms with Crippen LogP contribution in [0.4, 0.5) is 0 Å². The van der Waals surface area contributed by atoms with Crippen LogP contribution >= 0.6 is 0 Å². The van der Waals surface area contributed by atoms with E-state index >= 15 is 0 Å². The van der Waals surface area contributed by atoms with Gasteiger partial charge in [0.05, 0.1) is 11.5 Å². The normalized spacial score (nSPS) is 28.4. The monoisotopic (exact) mass is 214 g/mol. The van der Waals surface area contributed by atoms with E-state index < -0.39 is 10.8 Å². The third-order valence-electron chi connectivity index (χ3n) is 2.52. The van der Waals surface area contributed by atoms with Crippen LogP contribution in [0, 0.1) is 16.7 Å². The molecule has 1 heterocycles. The second kappa shape index (κ2) is 4.90. The van der Waals surface area contributed by atoms with E-state index in [1.54, 1.807) is 0 Å². The Morgan fingerprint density at radius 2 is 2.07 bits per heavy atom. The zero-order valence-electron chi connectivity index (χ0n) is 8.88. The van der Waals surface area contributed by atoms with Gasteiger partial charge in [0.2, 0.25) is 0 Å². The highest BCUT2D eigenvalue weighted by atomic mass is 32.2. The fourth-order valence-corrected chi connectivity index (χ4v) is 2.74. The van der Waals surface area contributed by atoms with Gasteiger partial charge in [-0.15, -0.1) is 0 Å². The quantitative estimate of drug-likeness (QED) is 0.763. The molecule has 0 aromatic rings. The molecule has 0 aromatic carbocycles. The van der Waals surface area contributed by atoms with Crippen LogP contribution in [0.1, 0.15) is 26.7 Å². The molecule has 0 bridgehead atoms. The smallest absolute Gasteiger partial charge is 0.0697 e. The minimum atomic E-state index is -0.592. The lowest BCUT2D eigenvalue weighted by atomic mass is 9.95. The Balaban J connectivity index is 2.26. The number of hydrogen-bond donors (Lipinski definition) is 1. The molecule has 0 spiro atoms. The van der Waals surface area contributed by atoms with Gasteiger partial charge in [-0.2, -0.15) is 5.26 Å². The van der Waals surface area contributed by atoms with Crippen molar-refractivity contribution in [3.05, 3.63) is 0 Å². The van der Waals surface area contributed by atoms with Crippen LogP contribution in [0.25, 0.3) is 0 Å². The second-order valence-electron chi connectivity index (χ2n) is 4.50. The van der Waals surface area contributed by atoms with Gasteiger partial charge in [-0.1, -0.05) is 0 Å². The van der Waals surface area contributed by atoms with Crippen LogP contribution in [-0.2, 0) is 10.8 Å². The van der Waals surface area contributed by atoms with Crippen molar-refractivity contribution in [2.45, 2.75) is 32.7 Å². The first-order valence-corrected chi connectivity index (χ1v) is 6.52. The molecule has 0 amide bonds. The summed E-state index contributed by atoms with van der Waals surface area (Å²) in [4.78, 5) is 0. The van der Waals surface area contributed by atoms with E-state index in [0.29, 0.717) is 6.04 Å². The Labute approximate surface area is 88.3 Å². The van der Waals surface area contributed by atoms with E-state index in [2.05, 4.69) is 11.4 Å². The van der Waals surface area contributed by atoms with Crippen molar-refractivity contribution in [3.63, 3.8) is 0 Å². The van der Waals surface area contributed by atoms with Crippen LogP contribution in [0.5, 0.6) is 0 Å². The zero-order valence-corrected chi connectivity index (χ0v) is 9.69. The van der Waals surface area contributed by atoms with Crippen LogP contribution in [0.2, 0.25) is 0 Å². The first kappa shape index (κ1) is 11.7. The summed E-state index contributed by atoms with van der Waals surface area (Å²) in [6.45, 7) is 4.59. The highest BCUT2D eigenvalue weighted by Gasteiger charge is 2.21. The molecular formula is C10H18N2OS. The van der Waals surface area contributed by atoms with Crippen molar-refractivity contribution < 1.29 is 4.21 Å². The summed E-state index contributed by atoms with van der Waals surface area (Å²) in [6.07, 6.45) is 1.96. The minimum absolute atomic E-state index is 0.295. The number of nitriles is 1. The van der Waals surface area contributed by atoms with Gasteiger partial charge >= 0.3 is 0 Å². The summed E-state index contributed by atoms with van der Waals surface area (Å²) in [6, 6.07) is 2.73. The van der Waals surface area contributed by atoms with Gasteiger partial charge in [0.15, 0.2) is 0 Å². The van der Waals surface area contributed by atoms with E-state index in [4.69, 9.17) is 5.26 Å². The van der Waals surface area contributed by atoms with Crippen molar-refractivity contribution in [3.8, 4) is 6.07 Å². The highest BCUT2D eigenvalue weighted by molar-refractivity contribution is 7.85. The number of nitrogens with one attached hydrogen (secondary N) is 1. The minimum Gasteiger partial charge on any atom is -0.312 e. The van der Waals surface area contributed by atoms with Crippen molar-refractivity contribution in [1.82, 2.24) is 5.32 Å². The van der Waals surface area contributed by atoms with Gasteiger partial charge < -0.3 is 5.32 Å². The molecule has 1 aliphatic heterocycles. The first-order chi connectivity index (χ1) is 6.53. The first-order valence-electron chi connectivity index (χ1n) is 5.03. The van der Waals surface area contributed by atoms with Gasteiger partial charge in [-0.05, 0) is 26.7 Å². The molecule has 80 valence electrons. The number of rotatable bonds is 3. The molecule has 0 unspecified atom stereocenters. The Morgan fingerprint density at radius 1 is 1.50 bits per heavy atom. The van der Waals surface area contributed by atoms with Gasteiger partial charge in [-0.25, -0.2) is 0 Å². The van der Waals surface area contributed by atoms with Crippen molar-refractivity contribution >= 4 is 10.8 Å². The zero-order chi connectivity index (χ0) is 10.6. The fraction of sp³-hybridized carbons (Fsp3) is 0.900. The van der Waals surface area contributed by atoms with Gasteiger partial charge in [0, 0.05) is 34.9 Å². The number of hydrogen-bond acceptors (Lipinski definition) is 3. The van der Waals surface area contributed by atoms with Crippen LogP contribution < -0.4 is 5.32 Å². The molecule has 0 atom stereocenters. The summed E-state index contributed by atoms with van der Waals surface area (Å²) >= 11 is 0. The lowest BCUT2D eigenvalue weighted by Gasteiger charge is -2.25. The lowest BCUT2D eigenvalue weighted by Crippen LogP contribution is -2.40. The molecule has 0 aromatic heterocycles. The Bertz CT molecular complexity index is 247. The maximum Gasteiger partial charge on any atom is 0.0697 e. The third-order valence-corrected chi connectivity index (χ3v) is 3.91. The van der Waals surface area contributed by atoms with Crippen molar-refractivity contribution in [1.29, 1.82) is 5.26 Å². The van der Waals surface area contributed by atoms with E-state index in [9.17, 15) is 4.21 Å². The molecule has 0 radical (unpaired) electrons. The summed E-state index contributed by atoms with van der Waals surface area (Å²) in [7, 11) is -0.592. The van der Waals surface area contributed by atoms with E-state index in [0.717, 1.165) is 30.9 Å². The summed E-state index contributed by atoms with van der Waals surface area (Å²) in [5, 5.41) is 12.2. The maximum atomic E-state index is 11.1. The molecule has 0 saturated carbocycles. The average molecular weight is 214 g/mol. The molecule has 1 fully saturated rings. The molecule has 1 N–H and O–H groups in total. The Kier molecular flexibility index (Phi) is 4.09. The predicted molar refractivity (Wildman–Crippen MR) is 58.3 cm³/mol. The topological polar surface area (TPSA) is 52.9 Å². The summed E-state index contributed by atoms with van der Waals surface area (Å²) in [5.41, 5.74) is -0.295. The number of nitrogens with zero attached hydrogens (tertiary/aromatic N) is 1. The lowest BCUT2D eigenvalue weighted by molar-refractivity contribution is 0.384. The van der Waals surface area contributed by atoms with Gasteiger partial charge in [0.1, 0.15) is 0 Å². The molecular weight excluding hydrogens is 196 g/mol. The fourth-order valence-electron chi connectivity index (χ4n) is 1.44. The molecule has 1 saturated heterocycles. The van der Waals surface area contributed by atoms with E-state index in [1.165, 1.54) is 0 Å². The summed E-state index contributed by atoms with van der Waals surface area (Å²) < 4.78 is 11.1. The van der Waals surface area contributed by atoms with Crippen LogP contribution in [-0.4, -0.2) is 28.3 Å². The Hall–Kier alpha value is -0.400. The predicted octanol–water partition coefficient (Wildman–Crippen LogP) is 1.04. The van der Waals surface area contributed by atoms with E-state index in [1.807, 2.05) is 13.8 Å². The average Bonchev–Trinajstić information content (AvgIpc) is 2.17. The van der Waals surface area contributed by atoms with E-state index in [-0.39, 0.29) is 5.41 Å². The maximum absolute atomic E-state index is 11.1. The third kappa shape index (κ3) is 3.77. The van der Waals surface area contributed by atoms with Crippen LogP contribution in [0.15, 0.2) is 0 Å². The van der Waals surface area contributed by atoms with Crippen LogP contribution in [0.3, 0.4) is 0 Å². The molecule has 1 aliphatic rings. The molecule has 0 aliphatic carbocycles.